The molecule has 0 unspecified atom stereocenters. The smallest absolute Gasteiger partial charge is 0.203 e. The number of imidazole rings is 1. The highest BCUT2D eigenvalue weighted by Crippen LogP contribution is 2.09. The van der Waals surface area contributed by atoms with E-state index in [1.165, 1.54) is 0 Å². The zero-order valence-corrected chi connectivity index (χ0v) is 11.3. The number of hydrogen-bond acceptors (Lipinski definition) is 3. The molecule has 18 heavy (non-hydrogen) atoms. The summed E-state index contributed by atoms with van der Waals surface area (Å²) < 4.78 is 4.08. The fourth-order valence-electron chi connectivity index (χ4n) is 1.80. The van der Waals surface area contributed by atoms with Crippen LogP contribution in [-0.4, -0.2) is 25.9 Å². The SMILES string of the molecule is Cc1cn(CCn2cccn2)c(NCC(C)C)n1. The highest BCUT2D eigenvalue weighted by molar-refractivity contribution is 5.28. The van der Waals surface area contributed by atoms with Crippen LogP contribution in [0.1, 0.15) is 19.5 Å². The van der Waals surface area contributed by atoms with Crippen molar-refractivity contribution >= 4 is 5.95 Å². The van der Waals surface area contributed by atoms with Crippen LogP contribution in [0.5, 0.6) is 0 Å². The van der Waals surface area contributed by atoms with Crippen LogP contribution in [-0.2, 0) is 13.1 Å². The second-order valence-electron chi connectivity index (χ2n) is 4.94. The van der Waals surface area contributed by atoms with Gasteiger partial charge < -0.3 is 9.88 Å². The quantitative estimate of drug-likeness (QED) is 0.851. The van der Waals surface area contributed by atoms with E-state index < -0.39 is 0 Å². The predicted molar refractivity (Wildman–Crippen MR) is 72.5 cm³/mol. The van der Waals surface area contributed by atoms with E-state index >= 15 is 0 Å². The molecule has 2 rings (SSSR count). The van der Waals surface area contributed by atoms with Crippen LogP contribution < -0.4 is 5.32 Å². The molecule has 0 aliphatic rings. The Bertz CT molecular complexity index is 470. The molecule has 0 fully saturated rings. The lowest BCUT2D eigenvalue weighted by Gasteiger charge is -2.11. The molecule has 0 amide bonds. The maximum Gasteiger partial charge on any atom is 0.203 e. The molecule has 2 heterocycles. The molecule has 0 spiro atoms. The monoisotopic (exact) mass is 247 g/mol. The van der Waals surface area contributed by atoms with Gasteiger partial charge in [0.25, 0.3) is 0 Å². The van der Waals surface area contributed by atoms with E-state index in [4.69, 9.17) is 0 Å². The van der Waals surface area contributed by atoms with Gasteiger partial charge in [-0.2, -0.15) is 5.10 Å². The molecule has 0 saturated heterocycles. The molecular weight excluding hydrogens is 226 g/mol. The average Bonchev–Trinajstić information content (AvgIpc) is 2.92. The van der Waals surface area contributed by atoms with Gasteiger partial charge in [-0.05, 0) is 18.9 Å². The summed E-state index contributed by atoms with van der Waals surface area (Å²) in [6, 6.07) is 1.94. The summed E-state index contributed by atoms with van der Waals surface area (Å²) >= 11 is 0. The molecule has 5 heteroatoms. The molecule has 98 valence electrons. The standard InChI is InChI=1S/C13H21N5/c1-11(2)9-14-13-16-12(3)10-17(13)7-8-18-6-4-5-15-18/h4-6,10-11H,7-9H2,1-3H3,(H,14,16). The number of aromatic nitrogens is 4. The minimum atomic E-state index is 0.613. The second-order valence-corrected chi connectivity index (χ2v) is 4.94. The van der Waals surface area contributed by atoms with Crippen molar-refractivity contribution in [2.45, 2.75) is 33.9 Å². The summed E-state index contributed by atoms with van der Waals surface area (Å²) in [6.07, 6.45) is 5.86. The molecule has 2 aromatic heterocycles. The first kappa shape index (κ1) is 12.7. The summed E-state index contributed by atoms with van der Waals surface area (Å²) in [5, 5.41) is 7.59. The van der Waals surface area contributed by atoms with Crippen molar-refractivity contribution in [1.29, 1.82) is 0 Å². The number of nitrogens with one attached hydrogen (secondary N) is 1. The van der Waals surface area contributed by atoms with E-state index in [-0.39, 0.29) is 0 Å². The lowest BCUT2D eigenvalue weighted by atomic mass is 10.2. The largest absolute Gasteiger partial charge is 0.355 e. The summed E-state index contributed by atoms with van der Waals surface area (Å²) in [5.41, 5.74) is 1.04. The first-order valence-electron chi connectivity index (χ1n) is 6.40. The van der Waals surface area contributed by atoms with Crippen molar-refractivity contribution in [3.05, 3.63) is 30.4 Å². The molecule has 0 radical (unpaired) electrons. The van der Waals surface area contributed by atoms with Crippen LogP contribution >= 0.6 is 0 Å². The molecule has 5 nitrogen and oxygen atoms in total. The van der Waals surface area contributed by atoms with E-state index in [0.29, 0.717) is 5.92 Å². The molecule has 1 N–H and O–H groups in total. The second kappa shape index (κ2) is 5.71. The van der Waals surface area contributed by atoms with Crippen molar-refractivity contribution in [3.8, 4) is 0 Å². The Morgan fingerprint density at radius 2 is 2.17 bits per heavy atom. The van der Waals surface area contributed by atoms with Crippen molar-refractivity contribution in [1.82, 2.24) is 19.3 Å². The predicted octanol–water partition coefficient (Wildman–Crippen LogP) is 2.16. The highest BCUT2D eigenvalue weighted by Gasteiger charge is 2.05. The molecule has 0 aliphatic carbocycles. The van der Waals surface area contributed by atoms with Crippen LogP contribution in [0, 0.1) is 12.8 Å². The van der Waals surface area contributed by atoms with Gasteiger partial charge >= 0.3 is 0 Å². The Morgan fingerprint density at radius 1 is 1.33 bits per heavy atom. The maximum atomic E-state index is 4.50. The van der Waals surface area contributed by atoms with E-state index in [0.717, 1.165) is 31.3 Å². The fourth-order valence-corrected chi connectivity index (χ4v) is 1.80. The lowest BCUT2D eigenvalue weighted by molar-refractivity contribution is 0.534. The van der Waals surface area contributed by atoms with Crippen LogP contribution in [0.15, 0.2) is 24.7 Å². The van der Waals surface area contributed by atoms with Crippen molar-refractivity contribution in [2.24, 2.45) is 5.92 Å². The maximum absolute atomic E-state index is 4.50. The Labute approximate surface area is 108 Å². The van der Waals surface area contributed by atoms with Gasteiger partial charge in [-0.3, -0.25) is 4.68 Å². The third kappa shape index (κ3) is 3.35. The Morgan fingerprint density at radius 3 is 2.83 bits per heavy atom. The Kier molecular flexibility index (Phi) is 4.02. The van der Waals surface area contributed by atoms with Gasteiger partial charge in [0.05, 0.1) is 12.2 Å². The Balaban J connectivity index is 1.98. The van der Waals surface area contributed by atoms with Crippen LogP contribution in [0.2, 0.25) is 0 Å². The molecule has 0 saturated carbocycles. The van der Waals surface area contributed by atoms with E-state index in [2.05, 4.69) is 40.0 Å². The minimum absolute atomic E-state index is 0.613. The molecule has 0 aliphatic heterocycles. The lowest BCUT2D eigenvalue weighted by Crippen LogP contribution is -2.14. The number of anilines is 1. The Hall–Kier alpha value is -1.78. The van der Waals surface area contributed by atoms with Gasteiger partial charge in [-0.25, -0.2) is 4.98 Å². The summed E-state index contributed by atoms with van der Waals surface area (Å²) in [4.78, 5) is 4.50. The summed E-state index contributed by atoms with van der Waals surface area (Å²) in [6.45, 7) is 9.08. The van der Waals surface area contributed by atoms with Crippen molar-refractivity contribution < 1.29 is 0 Å². The van der Waals surface area contributed by atoms with Gasteiger partial charge in [-0.15, -0.1) is 0 Å². The zero-order valence-electron chi connectivity index (χ0n) is 11.3. The number of nitrogens with zero attached hydrogens (tertiary/aromatic N) is 4. The van der Waals surface area contributed by atoms with E-state index in [9.17, 15) is 0 Å². The topological polar surface area (TPSA) is 47.7 Å². The number of hydrogen-bond donors (Lipinski definition) is 1. The normalized spacial score (nSPS) is 11.1. The fraction of sp³-hybridized carbons (Fsp3) is 0.538. The molecule has 0 bridgehead atoms. The first-order valence-corrected chi connectivity index (χ1v) is 6.40. The van der Waals surface area contributed by atoms with Crippen LogP contribution in [0.25, 0.3) is 0 Å². The zero-order chi connectivity index (χ0) is 13.0. The van der Waals surface area contributed by atoms with Gasteiger partial charge in [0, 0.05) is 31.7 Å². The van der Waals surface area contributed by atoms with Crippen molar-refractivity contribution in [3.63, 3.8) is 0 Å². The third-order valence-corrected chi connectivity index (χ3v) is 2.69. The first-order chi connectivity index (χ1) is 8.65. The number of aryl methyl sites for hydroxylation is 3. The average molecular weight is 247 g/mol. The summed E-state index contributed by atoms with van der Waals surface area (Å²) in [7, 11) is 0. The molecule has 2 aromatic rings. The minimum Gasteiger partial charge on any atom is -0.355 e. The molecular formula is C13H21N5. The van der Waals surface area contributed by atoms with E-state index in [1.807, 2.05) is 23.9 Å². The van der Waals surface area contributed by atoms with Gasteiger partial charge in [-0.1, -0.05) is 13.8 Å². The van der Waals surface area contributed by atoms with Crippen LogP contribution in [0.4, 0.5) is 5.95 Å². The van der Waals surface area contributed by atoms with Crippen molar-refractivity contribution in [2.75, 3.05) is 11.9 Å². The van der Waals surface area contributed by atoms with Gasteiger partial charge in [0.2, 0.25) is 5.95 Å². The molecule has 0 aromatic carbocycles. The van der Waals surface area contributed by atoms with Gasteiger partial charge in [0.15, 0.2) is 0 Å². The van der Waals surface area contributed by atoms with Gasteiger partial charge in [0.1, 0.15) is 0 Å². The number of rotatable bonds is 6. The highest BCUT2D eigenvalue weighted by atomic mass is 15.3. The van der Waals surface area contributed by atoms with E-state index in [1.54, 1.807) is 6.20 Å². The third-order valence-electron chi connectivity index (χ3n) is 2.69. The summed E-state index contributed by atoms with van der Waals surface area (Å²) in [5.74, 6) is 1.56. The van der Waals surface area contributed by atoms with Crippen LogP contribution in [0.3, 0.4) is 0 Å². The molecule has 0 atom stereocenters.